The van der Waals surface area contributed by atoms with E-state index in [1.54, 1.807) is 11.3 Å². The number of hydrogen-bond acceptors (Lipinski definition) is 5. The van der Waals surface area contributed by atoms with E-state index in [4.69, 9.17) is 10.7 Å². The molecule has 1 aromatic carbocycles. The first-order chi connectivity index (χ1) is 11.1. The molecule has 118 valence electrons. The molecule has 3 aromatic rings. The van der Waals surface area contributed by atoms with Crippen LogP contribution in [0.2, 0.25) is 0 Å². The monoisotopic (exact) mass is 326 g/mol. The minimum atomic E-state index is -0.376. The fraction of sp³-hybridized carbons (Fsp3) is 0.235. The fourth-order valence-electron chi connectivity index (χ4n) is 2.46. The van der Waals surface area contributed by atoms with E-state index in [1.807, 2.05) is 60.5 Å². The number of anilines is 1. The summed E-state index contributed by atoms with van der Waals surface area (Å²) in [6.45, 7) is 4.16. The summed E-state index contributed by atoms with van der Waals surface area (Å²) in [5, 5.41) is 2.92. The lowest BCUT2D eigenvalue weighted by Crippen LogP contribution is -2.39. The van der Waals surface area contributed by atoms with Gasteiger partial charge < -0.3 is 10.6 Å². The predicted molar refractivity (Wildman–Crippen MR) is 94.5 cm³/mol. The number of thiophene rings is 1. The van der Waals surface area contributed by atoms with E-state index in [1.165, 1.54) is 0 Å². The van der Waals surface area contributed by atoms with Crippen LogP contribution in [0.1, 0.15) is 13.8 Å². The SMILES string of the molecule is CC(C)N(CC(N)=O)c1nc(-c2cccs2)nc2ccccc12. The normalized spacial score (nSPS) is 11.1. The zero-order chi connectivity index (χ0) is 16.4. The smallest absolute Gasteiger partial charge is 0.237 e. The van der Waals surface area contributed by atoms with Crippen LogP contribution in [-0.2, 0) is 4.79 Å². The van der Waals surface area contributed by atoms with Gasteiger partial charge in [-0.3, -0.25) is 4.79 Å². The van der Waals surface area contributed by atoms with E-state index < -0.39 is 0 Å². The zero-order valence-corrected chi connectivity index (χ0v) is 13.9. The Morgan fingerprint density at radius 2 is 2.00 bits per heavy atom. The van der Waals surface area contributed by atoms with Crippen molar-refractivity contribution in [3.8, 4) is 10.7 Å². The summed E-state index contributed by atoms with van der Waals surface area (Å²) >= 11 is 1.59. The number of carbonyl (C=O) groups excluding carboxylic acids is 1. The Morgan fingerprint density at radius 1 is 1.22 bits per heavy atom. The highest BCUT2D eigenvalue weighted by molar-refractivity contribution is 7.13. The van der Waals surface area contributed by atoms with Gasteiger partial charge in [0, 0.05) is 11.4 Å². The maximum absolute atomic E-state index is 11.5. The van der Waals surface area contributed by atoms with Crippen molar-refractivity contribution in [3.05, 3.63) is 41.8 Å². The third-order valence-electron chi connectivity index (χ3n) is 3.55. The average molecular weight is 326 g/mol. The number of rotatable bonds is 5. The van der Waals surface area contributed by atoms with Gasteiger partial charge in [0.05, 0.1) is 16.9 Å². The van der Waals surface area contributed by atoms with Crippen LogP contribution in [-0.4, -0.2) is 28.5 Å². The van der Waals surface area contributed by atoms with Gasteiger partial charge in [-0.1, -0.05) is 18.2 Å². The van der Waals surface area contributed by atoms with Gasteiger partial charge in [0.25, 0.3) is 0 Å². The molecule has 3 rings (SSSR count). The zero-order valence-electron chi connectivity index (χ0n) is 13.1. The van der Waals surface area contributed by atoms with Crippen molar-refractivity contribution in [1.29, 1.82) is 0 Å². The van der Waals surface area contributed by atoms with Gasteiger partial charge >= 0.3 is 0 Å². The second-order valence-corrected chi connectivity index (χ2v) is 6.50. The lowest BCUT2D eigenvalue weighted by molar-refractivity contribution is -0.116. The van der Waals surface area contributed by atoms with E-state index in [-0.39, 0.29) is 18.5 Å². The molecule has 0 saturated heterocycles. The quantitative estimate of drug-likeness (QED) is 0.782. The first-order valence-electron chi connectivity index (χ1n) is 7.42. The molecule has 6 heteroatoms. The van der Waals surface area contributed by atoms with Gasteiger partial charge in [-0.25, -0.2) is 9.97 Å². The molecule has 0 atom stereocenters. The van der Waals surface area contributed by atoms with Gasteiger partial charge in [0.15, 0.2) is 5.82 Å². The molecule has 0 unspecified atom stereocenters. The van der Waals surface area contributed by atoms with Crippen molar-refractivity contribution in [2.24, 2.45) is 5.73 Å². The number of carbonyl (C=O) groups is 1. The summed E-state index contributed by atoms with van der Waals surface area (Å²) in [7, 11) is 0. The number of primary amides is 1. The van der Waals surface area contributed by atoms with Crippen molar-refractivity contribution < 1.29 is 4.79 Å². The fourth-order valence-corrected chi connectivity index (χ4v) is 3.12. The van der Waals surface area contributed by atoms with Crippen LogP contribution in [0.15, 0.2) is 41.8 Å². The molecule has 0 aliphatic heterocycles. The standard InChI is InChI=1S/C17H18N4OS/c1-11(2)21(10-15(18)22)17-12-6-3-4-7-13(12)19-16(20-17)14-8-5-9-23-14/h3-9,11H,10H2,1-2H3,(H2,18,22). The second kappa shape index (κ2) is 6.34. The number of amides is 1. The van der Waals surface area contributed by atoms with Crippen molar-refractivity contribution in [2.75, 3.05) is 11.4 Å². The lowest BCUT2D eigenvalue weighted by Gasteiger charge is -2.27. The van der Waals surface area contributed by atoms with Crippen molar-refractivity contribution >= 4 is 34.0 Å². The van der Waals surface area contributed by atoms with Crippen LogP contribution in [0, 0.1) is 0 Å². The predicted octanol–water partition coefficient (Wildman–Crippen LogP) is 3.06. The molecule has 5 nitrogen and oxygen atoms in total. The van der Waals surface area contributed by atoms with Crippen LogP contribution in [0.25, 0.3) is 21.6 Å². The summed E-state index contributed by atoms with van der Waals surface area (Å²) in [5.74, 6) is 1.04. The van der Waals surface area contributed by atoms with Gasteiger partial charge in [-0.15, -0.1) is 11.3 Å². The highest BCUT2D eigenvalue weighted by Gasteiger charge is 2.19. The van der Waals surface area contributed by atoms with Crippen LogP contribution < -0.4 is 10.6 Å². The summed E-state index contributed by atoms with van der Waals surface area (Å²) in [4.78, 5) is 23.8. The summed E-state index contributed by atoms with van der Waals surface area (Å²) < 4.78 is 0. The second-order valence-electron chi connectivity index (χ2n) is 5.55. The number of hydrogen-bond donors (Lipinski definition) is 1. The topological polar surface area (TPSA) is 72.1 Å². The number of aromatic nitrogens is 2. The molecule has 0 spiro atoms. The van der Waals surface area contributed by atoms with Gasteiger partial charge in [0.1, 0.15) is 5.82 Å². The Kier molecular flexibility index (Phi) is 4.25. The van der Waals surface area contributed by atoms with E-state index in [2.05, 4.69) is 4.98 Å². The largest absolute Gasteiger partial charge is 0.368 e. The first-order valence-corrected chi connectivity index (χ1v) is 8.30. The molecule has 2 N–H and O–H groups in total. The Balaban J connectivity index is 2.22. The number of para-hydroxylation sites is 1. The molecular weight excluding hydrogens is 308 g/mol. The molecule has 0 radical (unpaired) electrons. The minimum absolute atomic E-state index is 0.0944. The van der Waals surface area contributed by atoms with Crippen LogP contribution in [0.5, 0.6) is 0 Å². The van der Waals surface area contributed by atoms with Gasteiger partial charge in [-0.2, -0.15) is 0 Å². The van der Waals surface area contributed by atoms with Gasteiger partial charge in [0.2, 0.25) is 5.91 Å². The number of benzene rings is 1. The first kappa shape index (κ1) is 15.4. The lowest BCUT2D eigenvalue weighted by atomic mass is 10.2. The minimum Gasteiger partial charge on any atom is -0.368 e. The van der Waals surface area contributed by atoms with Crippen LogP contribution in [0.3, 0.4) is 0 Å². The number of fused-ring (bicyclic) bond motifs is 1. The molecule has 0 saturated carbocycles. The molecule has 23 heavy (non-hydrogen) atoms. The molecule has 0 aliphatic rings. The third-order valence-corrected chi connectivity index (χ3v) is 4.41. The van der Waals surface area contributed by atoms with Crippen LogP contribution >= 0.6 is 11.3 Å². The molecule has 2 aromatic heterocycles. The summed E-state index contributed by atoms with van der Waals surface area (Å²) in [6.07, 6.45) is 0. The molecule has 0 fully saturated rings. The maximum Gasteiger partial charge on any atom is 0.237 e. The van der Waals surface area contributed by atoms with E-state index in [0.717, 1.165) is 21.6 Å². The summed E-state index contributed by atoms with van der Waals surface area (Å²) in [6, 6.07) is 11.9. The Morgan fingerprint density at radius 3 is 2.65 bits per heavy atom. The average Bonchev–Trinajstić information content (AvgIpc) is 3.05. The Hall–Kier alpha value is -2.47. The number of nitrogens with two attached hydrogens (primary N) is 1. The molecular formula is C17H18N4OS. The third kappa shape index (κ3) is 3.17. The van der Waals surface area contributed by atoms with E-state index in [9.17, 15) is 4.79 Å². The van der Waals surface area contributed by atoms with Crippen molar-refractivity contribution in [3.63, 3.8) is 0 Å². The molecule has 0 aliphatic carbocycles. The van der Waals surface area contributed by atoms with Crippen molar-refractivity contribution in [2.45, 2.75) is 19.9 Å². The van der Waals surface area contributed by atoms with Crippen LogP contribution in [0.4, 0.5) is 5.82 Å². The highest BCUT2D eigenvalue weighted by Crippen LogP contribution is 2.30. The van der Waals surface area contributed by atoms with Crippen molar-refractivity contribution in [1.82, 2.24) is 9.97 Å². The number of nitrogens with zero attached hydrogens (tertiary/aromatic N) is 3. The molecule has 1 amide bonds. The summed E-state index contributed by atoms with van der Waals surface area (Å²) in [5.41, 5.74) is 6.28. The Labute approximate surface area is 138 Å². The maximum atomic E-state index is 11.5. The highest BCUT2D eigenvalue weighted by atomic mass is 32.1. The van der Waals surface area contributed by atoms with E-state index >= 15 is 0 Å². The Bertz CT molecular complexity index is 830. The van der Waals surface area contributed by atoms with E-state index in [0.29, 0.717) is 5.82 Å². The molecule has 2 heterocycles. The molecule has 0 bridgehead atoms. The van der Waals surface area contributed by atoms with Gasteiger partial charge in [-0.05, 0) is 37.4 Å².